The minimum Gasteiger partial charge on any atom is -0.290 e. The topological polar surface area (TPSA) is 66.7 Å². The van der Waals surface area contributed by atoms with E-state index in [0.717, 1.165) is 11.4 Å². The summed E-state index contributed by atoms with van der Waals surface area (Å²) in [6.07, 6.45) is 0.500. The number of amides is 2. The summed E-state index contributed by atoms with van der Waals surface area (Å²) in [6.45, 7) is 7.51. The van der Waals surface area contributed by atoms with Crippen molar-refractivity contribution in [2.75, 3.05) is 6.54 Å². The van der Waals surface area contributed by atoms with Crippen LogP contribution in [0.1, 0.15) is 12.8 Å². The number of nitrogens with one attached hydrogen (secondary N) is 1. The highest BCUT2D eigenvalue weighted by molar-refractivity contribution is 6.57. The van der Waals surface area contributed by atoms with Crippen molar-refractivity contribution in [3.05, 3.63) is 11.4 Å². The molecule has 0 aromatic heterocycles. The lowest BCUT2D eigenvalue weighted by Crippen LogP contribution is -2.38. The van der Waals surface area contributed by atoms with Crippen LogP contribution in [0.5, 0.6) is 0 Å². The largest absolute Gasteiger partial charge is 0.300 e. The van der Waals surface area contributed by atoms with Crippen molar-refractivity contribution in [2.24, 2.45) is 0 Å². The summed E-state index contributed by atoms with van der Waals surface area (Å²) in [5.74, 6) is -0.917. The number of carbonyl (C=O) groups excluding carboxylic acids is 2. The number of nitrogens with zero attached hydrogens (tertiary/aromatic N) is 3. The molecule has 2 unspecified atom stereocenters. The number of hydrogen-bond acceptors (Lipinski definition) is 3. The number of rotatable bonds is 1. The van der Waals surface area contributed by atoms with Crippen LogP contribution in [-0.2, 0) is 4.79 Å². The van der Waals surface area contributed by atoms with Gasteiger partial charge in [0.1, 0.15) is 0 Å². The summed E-state index contributed by atoms with van der Waals surface area (Å²) in [7, 11) is 4.99. The highest BCUT2D eigenvalue weighted by atomic mass is 16.2. The van der Waals surface area contributed by atoms with E-state index in [-0.39, 0.29) is 12.1 Å². The minimum absolute atomic E-state index is 0.243. The van der Waals surface area contributed by atoms with E-state index in [1.54, 1.807) is 0 Å². The van der Waals surface area contributed by atoms with E-state index < -0.39 is 12.0 Å². The Balaban J connectivity index is 1.98. The lowest BCUT2D eigenvalue weighted by molar-refractivity contribution is -0.131. The SMILES string of the molecule is [B]C(=O)N1NC1C(=O)N1CCCC1[N+]#[C-]. The van der Waals surface area contributed by atoms with Crippen molar-refractivity contribution >= 4 is 19.6 Å². The van der Waals surface area contributed by atoms with E-state index in [9.17, 15) is 9.59 Å². The summed E-state index contributed by atoms with van der Waals surface area (Å²) in [6, 6.07) is 0. The Kier molecular flexibility index (Phi) is 2.36. The Hall–Kier alpha value is -1.55. The molecule has 2 rings (SSSR count). The smallest absolute Gasteiger partial charge is 0.290 e. The van der Waals surface area contributed by atoms with E-state index in [2.05, 4.69) is 10.3 Å². The first-order valence-electron chi connectivity index (χ1n) is 4.67. The molecule has 15 heavy (non-hydrogen) atoms. The first-order chi connectivity index (χ1) is 7.15. The van der Waals surface area contributed by atoms with Gasteiger partial charge in [0.25, 0.3) is 5.91 Å². The van der Waals surface area contributed by atoms with Crippen molar-refractivity contribution in [2.45, 2.75) is 25.2 Å². The number of likely N-dealkylation sites (tertiary alicyclic amines) is 1. The van der Waals surface area contributed by atoms with Gasteiger partial charge in [-0.05, 0) is 6.42 Å². The van der Waals surface area contributed by atoms with Crippen LogP contribution in [0.2, 0.25) is 0 Å². The standard InChI is InChI=1S/C8H9BN4O2/c1-10-5-3-2-4-12(5)7(14)6-11-13(6)8(9)15/h5-6,11H,2-4H2. The summed E-state index contributed by atoms with van der Waals surface area (Å²) in [5, 5.41) is 1.06. The fraction of sp³-hybridized carbons (Fsp3) is 0.625. The van der Waals surface area contributed by atoms with Crippen LogP contribution in [-0.4, -0.2) is 48.3 Å². The number of hydrogen-bond donors (Lipinski definition) is 1. The van der Waals surface area contributed by atoms with Gasteiger partial charge in [-0.15, -0.1) is 0 Å². The zero-order valence-corrected chi connectivity index (χ0v) is 8.01. The zero-order chi connectivity index (χ0) is 11.0. The average Bonchev–Trinajstić information content (AvgIpc) is 2.88. The van der Waals surface area contributed by atoms with Crippen LogP contribution in [0.4, 0.5) is 4.79 Å². The van der Waals surface area contributed by atoms with Crippen LogP contribution in [0.3, 0.4) is 0 Å². The monoisotopic (exact) mass is 204 g/mol. The Bertz CT molecular complexity index is 353. The van der Waals surface area contributed by atoms with Gasteiger partial charge in [-0.3, -0.25) is 24.3 Å². The van der Waals surface area contributed by atoms with Gasteiger partial charge in [-0.1, -0.05) is 0 Å². The number of carbonyl (C=O) groups is 2. The molecule has 7 heteroatoms. The molecular formula is C8H9BN4O2. The van der Waals surface area contributed by atoms with Crippen LogP contribution in [0.15, 0.2) is 0 Å². The molecule has 0 aromatic carbocycles. The lowest BCUT2D eigenvalue weighted by Gasteiger charge is -2.14. The van der Waals surface area contributed by atoms with Gasteiger partial charge < -0.3 is 0 Å². The van der Waals surface area contributed by atoms with Crippen molar-refractivity contribution in [1.29, 1.82) is 0 Å². The maximum atomic E-state index is 11.8. The predicted molar refractivity (Wildman–Crippen MR) is 51.2 cm³/mol. The fourth-order valence-electron chi connectivity index (χ4n) is 1.75. The lowest BCUT2D eigenvalue weighted by atomic mass is 10.1. The van der Waals surface area contributed by atoms with E-state index in [1.807, 2.05) is 0 Å². The van der Waals surface area contributed by atoms with E-state index >= 15 is 0 Å². The summed E-state index contributed by atoms with van der Waals surface area (Å²) in [4.78, 5) is 27.3. The van der Waals surface area contributed by atoms with Gasteiger partial charge in [-0.25, -0.2) is 6.57 Å². The molecule has 2 aliphatic rings. The second-order valence-electron chi connectivity index (χ2n) is 3.52. The second-order valence-corrected chi connectivity index (χ2v) is 3.52. The average molecular weight is 204 g/mol. The fourth-order valence-corrected chi connectivity index (χ4v) is 1.75. The summed E-state index contributed by atoms with van der Waals surface area (Å²) >= 11 is 0. The Morgan fingerprint density at radius 1 is 1.53 bits per heavy atom. The third kappa shape index (κ3) is 1.68. The molecule has 6 nitrogen and oxygen atoms in total. The minimum atomic E-state index is -0.674. The molecule has 0 spiro atoms. The van der Waals surface area contributed by atoms with E-state index in [1.165, 1.54) is 4.90 Å². The van der Waals surface area contributed by atoms with Gasteiger partial charge in [-0.2, -0.15) is 5.43 Å². The van der Waals surface area contributed by atoms with Crippen LogP contribution >= 0.6 is 0 Å². The first kappa shape index (κ1) is 9.99. The third-order valence-corrected chi connectivity index (χ3v) is 2.58. The summed E-state index contributed by atoms with van der Waals surface area (Å²) < 4.78 is 0. The highest BCUT2D eigenvalue weighted by Gasteiger charge is 2.47. The van der Waals surface area contributed by atoms with E-state index in [0.29, 0.717) is 13.0 Å². The quantitative estimate of drug-likeness (QED) is 0.348. The Labute approximate surface area is 88.4 Å². The van der Waals surface area contributed by atoms with Crippen LogP contribution < -0.4 is 5.43 Å². The van der Waals surface area contributed by atoms with Crippen molar-refractivity contribution < 1.29 is 9.59 Å². The van der Waals surface area contributed by atoms with Crippen LogP contribution in [0.25, 0.3) is 4.85 Å². The molecule has 2 fully saturated rings. The molecule has 2 heterocycles. The van der Waals surface area contributed by atoms with Gasteiger partial charge in [0.05, 0.1) is 0 Å². The molecule has 2 amide bonds. The third-order valence-electron chi connectivity index (χ3n) is 2.58. The van der Waals surface area contributed by atoms with Gasteiger partial charge in [0, 0.05) is 13.0 Å². The molecule has 2 saturated heterocycles. The second kappa shape index (κ2) is 3.55. The molecule has 1 N–H and O–H groups in total. The van der Waals surface area contributed by atoms with Crippen molar-refractivity contribution in [3.8, 4) is 0 Å². The molecule has 2 aliphatic heterocycles. The molecule has 2 atom stereocenters. The number of hydrazine groups is 1. The molecule has 0 bridgehead atoms. The highest BCUT2D eigenvalue weighted by Crippen LogP contribution is 2.22. The molecule has 2 radical (unpaired) electrons. The maximum absolute atomic E-state index is 11.8. The van der Waals surface area contributed by atoms with Gasteiger partial charge in [0.2, 0.25) is 7.85 Å². The molecular weight excluding hydrogens is 195 g/mol. The van der Waals surface area contributed by atoms with Gasteiger partial charge >= 0.3 is 6.17 Å². The van der Waals surface area contributed by atoms with E-state index in [4.69, 9.17) is 14.4 Å². The molecule has 76 valence electrons. The Morgan fingerprint density at radius 3 is 2.80 bits per heavy atom. The zero-order valence-electron chi connectivity index (χ0n) is 8.01. The van der Waals surface area contributed by atoms with Gasteiger partial charge in [0.15, 0.2) is 12.0 Å². The molecule has 0 saturated carbocycles. The predicted octanol–water partition coefficient (Wildman–Crippen LogP) is -0.711. The normalized spacial score (nSPS) is 28.7. The molecule has 0 aliphatic carbocycles. The molecule has 0 aromatic rings. The summed E-state index contributed by atoms with van der Waals surface area (Å²) in [5.41, 5.74) is 2.55. The van der Waals surface area contributed by atoms with Crippen molar-refractivity contribution in [3.63, 3.8) is 0 Å². The van der Waals surface area contributed by atoms with Crippen molar-refractivity contribution in [1.82, 2.24) is 15.3 Å². The van der Waals surface area contributed by atoms with Crippen LogP contribution in [0, 0.1) is 6.57 Å². The Morgan fingerprint density at radius 2 is 2.27 bits per heavy atom. The maximum Gasteiger partial charge on any atom is 0.300 e. The first-order valence-corrected chi connectivity index (χ1v) is 4.67.